The molecule has 0 fully saturated rings. The van der Waals surface area contributed by atoms with E-state index in [1.54, 1.807) is 19.9 Å². The van der Waals surface area contributed by atoms with Gasteiger partial charge in [0.05, 0.1) is 6.21 Å². The molecule has 1 heterocycles. The van der Waals surface area contributed by atoms with Crippen molar-refractivity contribution in [1.82, 2.24) is 10.4 Å². The highest BCUT2D eigenvalue weighted by Crippen LogP contribution is 2.15. The lowest BCUT2D eigenvalue weighted by molar-refractivity contribution is 0.0953. The maximum atomic E-state index is 12.2. The highest BCUT2D eigenvalue weighted by molar-refractivity contribution is 6.18. The topological polar surface area (TPSA) is 77.6 Å². The van der Waals surface area contributed by atoms with E-state index in [4.69, 9.17) is 23.2 Å². The molecule has 0 aliphatic carbocycles. The molecule has 144 valence electrons. The number of anilines is 1. The van der Waals surface area contributed by atoms with E-state index in [-0.39, 0.29) is 5.56 Å². The minimum absolute atomic E-state index is 0.0610. The predicted molar refractivity (Wildman–Crippen MR) is 112 cm³/mol. The quantitative estimate of drug-likeness (QED) is 0.400. The van der Waals surface area contributed by atoms with E-state index in [9.17, 15) is 9.59 Å². The number of carbonyl (C=O) groups excluding carboxylic acids is 1. The highest BCUT2D eigenvalue weighted by Gasteiger charge is 2.13. The molecule has 2 N–H and O–H groups in total. The van der Waals surface area contributed by atoms with Crippen LogP contribution in [-0.2, 0) is 0 Å². The Morgan fingerprint density at radius 2 is 1.81 bits per heavy atom. The summed E-state index contributed by atoms with van der Waals surface area (Å²) in [5.74, 6) is 0.491. The van der Waals surface area contributed by atoms with Gasteiger partial charge in [0.25, 0.3) is 11.5 Å². The summed E-state index contributed by atoms with van der Waals surface area (Å²) in [6.45, 7) is 4.90. The molecule has 2 rings (SSSR count). The minimum Gasteiger partial charge on any atom is -0.369 e. The lowest BCUT2D eigenvalue weighted by Crippen LogP contribution is -2.28. The number of hydrazone groups is 1. The average Bonchev–Trinajstić information content (AvgIpc) is 2.61. The largest absolute Gasteiger partial charge is 0.369 e. The van der Waals surface area contributed by atoms with Gasteiger partial charge in [0.1, 0.15) is 5.56 Å². The van der Waals surface area contributed by atoms with Crippen LogP contribution in [0, 0.1) is 13.8 Å². The number of halogens is 2. The molecular weight excluding hydrogens is 387 g/mol. The standard InChI is InChI=1S/C19H22Cl2N4O2/c1-13-11-14(2)23-18(26)17(13)19(27)24-22-12-15-3-5-16(6-4-15)25(9-7-20)10-8-21/h3-6,11-12H,7-10H2,1-2H3,(H,23,26)(H,24,27)/b22-12-. The number of alkyl halides is 2. The number of benzene rings is 1. The Kier molecular flexibility index (Phi) is 7.88. The van der Waals surface area contributed by atoms with Gasteiger partial charge in [-0.15, -0.1) is 23.2 Å². The summed E-state index contributed by atoms with van der Waals surface area (Å²) in [6.07, 6.45) is 1.52. The van der Waals surface area contributed by atoms with Gasteiger partial charge in [-0.1, -0.05) is 12.1 Å². The first kappa shape index (κ1) is 21.0. The van der Waals surface area contributed by atoms with Crippen molar-refractivity contribution in [1.29, 1.82) is 0 Å². The first-order chi connectivity index (χ1) is 13.0. The fourth-order valence-electron chi connectivity index (χ4n) is 2.70. The Morgan fingerprint density at radius 1 is 1.19 bits per heavy atom. The lowest BCUT2D eigenvalue weighted by Gasteiger charge is -2.22. The third kappa shape index (κ3) is 5.84. The van der Waals surface area contributed by atoms with Gasteiger partial charge in [0, 0.05) is 36.2 Å². The van der Waals surface area contributed by atoms with E-state index in [2.05, 4.69) is 20.4 Å². The second-order valence-corrected chi connectivity index (χ2v) is 6.75. The van der Waals surface area contributed by atoms with Crippen molar-refractivity contribution in [2.45, 2.75) is 13.8 Å². The molecule has 27 heavy (non-hydrogen) atoms. The molecule has 2 aromatic rings. The van der Waals surface area contributed by atoms with E-state index in [1.165, 1.54) is 6.21 Å². The number of nitrogens with one attached hydrogen (secondary N) is 2. The highest BCUT2D eigenvalue weighted by atomic mass is 35.5. The normalized spacial score (nSPS) is 11.0. The first-order valence-corrected chi connectivity index (χ1v) is 9.54. The van der Waals surface area contributed by atoms with Crippen LogP contribution in [0.25, 0.3) is 0 Å². The monoisotopic (exact) mass is 408 g/mol. The summed E-state index contributed by atoms with van der Waals surface area (Å²) >= 11 is 11.6. The van der Waals surface area contributed by atoms with Crippen LogP contribution in [0.15, 0.2) is 40.2 Å². The van der Waals surface area contributed by atoms with Gasteiger partial charge in [0.15, 0.2) is 0 Å². The Labute approximate surface area is 168 Å². The van der Waals surface area contributed by atoms with E-state index in [0.29, 0.717) is 36.1 Å². The van der Waals surface area contributed by atoms with Crippen molar-refractivity contribution in [3.63, 3.8) is 0 Å². The van der Waals surface area contributed by atoms with Crippen LogP contribution in [0.5, 0.6) is 0 Å². The van der Waals surface area contributed by atoms with E-state index in [0.717, 1.165) is 11.3 Å². The van der Waals surface area contributed by atoms with Crippen LogP contribution in [0.1, 0.15) is 27.2 Å². The molecule has 0 aliphatic heterocycles. The number of hydrogen-bond donors (Lipinski definition) is 2. The smallest absolute Gasteiger partial charge is 0.277 e. The summed E-state index contributed by atoms with van der Waals surface area (Å²) in [5, 5.41) is 3.94. The molecule has 0 aliphatic rings. The van der Waals surface area contributed by atoms with Crippen molar-refractivity contribution in [2.75, 3.05) is 29.7 Å². The van der Waals surface area contributed by atoms with Crippen molar-refractivity contribution in [3.05, 3.63) is 63.1 Å². The van der Waals surface area contributed by atoms with E-state index < -0.39 is 11.5 Å². The summed E-state index contributed by atoms with van der Waals surface area (Å²) < 4.78 is 0. The van der Waals surface area contributed by atoms with Crippen LogP contribution in [0.4, 0.5) is 5.69 Å². The van der Waals surface area contributed by atoms with Crippen LogP contribution in [0.2, 0.25) is 0 Å². The SMILES string of the molecule is Cc1cc(C)c(C(=O)N/N=C\c2ccc(N(CCCl)CCCl)cc2)c(=O)[nH]1. The summed E-state index contributed by atoms with van der Waals surface area (Å²) in [6, 6.07) is 9.38. The number of hydrogen-bond acceptors (Lipinski definition) is 4. The Balaban J connectivity index is 2.04. The molecule has 0 saturated heterocycles. The third-order valence-electron chi connectivity index (χ3n) is 3.94. The van der Waals surface area contributed by atoms with Gasteiger partial charge in [-0.25, -0.2) is 5.43 Å². The zero-order valence-corrected chi connectivity index (χ0v) is 16.8. The molecule has 0 saturated carbocycles. The predicted octanol–water partition coefficient (Wildman–Crippen LogP) is 3.04. The third-order valence-corrected chi connectivity index (χ3v) is 4.28. The molecule has 8 heteroatoms. The van der Waals surface area contributed by atoms with Gasteiger partial charge >= 0.3 is 0 Å². The number of aromatic nitrogens is 1. The van der Waals surface area contributed by atoms with Crippen molar-refractivity contribution >= 4 is 41.0 Å². The van der Waals surface area contributed by atoms with Crippen LogP contribution >= 0.6 is 23.2 Å². The molecule has 1 aromatic carbocycles. The van der Waals surface area contributed by atoms with Crippen LogP contribution in [-0.4, -0.2) is 42.0 Å². The van der Waals surface area contributed by atoms with Gasteiger partial charge in [-0.2, -0.15) is 5.10 Å². The maximum absolute atomic E-state index is 12.2. The zero-order chi connectivity index (χ0) is 19.8. The molecule has 0 spiro atoms. The number of pyridine rings is 1. The summed E-state index contributed by atoms with van der Waals surface area (Å²) in [7, 11) is 0. The maximum Gasteiger partial charge on any atom is 0.277 e. The minimum atomic E-state index is -0.544. The zero-order valence-electron chi connectivity index (χ0n) is 15.3. The number of carbonyl (C=O) groups is 1. The van der Waals surface area contributed by atoms with Crippen LogP contribution < -0.4 is 15.9 Å². The van der Waals surface area contributed by atoms with Crippen LogP contribution in [0.3, 0.4) is 0 Å². The molecule has 0 bridgehead atoms. The molecule has 1 aromatic heterocycles. The second-order valence-electron chi connectivity index (χ2n) is 6.00. The van der Waals surface area contributed by atoms with Gasteiger partial charge in [-0.3, -0.25) is 9.59 Å². The second kappa shape index (κ2) is 10.1. The fourth-order valence-corrected chi connectivity index (χ4v) is 3.11. The van der Waals surface area contributed by atoms with Gasteiger partial charge < -0.3 is 9.88 Å². The average molecular weight is 409 g/mol. The first-order valence-electron chi connectivity index (χ1n) is 8.47. The molecule has 0 radical (unpaired) electrons. The Morgan fingerprint density at radius 3 is 2.37 bits per heavy atom. The lowest BCUT2D eigenvalue weighted by atomic mass is 10.1. The molecule has 6 nitrogen and oxygen atoms in total. The Hall–Kier alpha value is -2.31. The molecule has 1 amide bonds. The number of aromatic amines is 1. The van der Waals surface area contributed by atoms with E-state index in [1.807, 2.05) is 24.3 Å². The van der Waals surface area contributed by atoms with Gasteiger partial charge in [0.2, 0.25) is 0 Å². The number of amides is 1. The Bertz CT molecular complexity index is 857. The summed E-state index contributed by atoms with van der Waals surface area (Å²) in [5.41, 5.74) is 5.16. The fraction of sp³-hybridized carbons (Fsp3) is 0.316. The van der Waals surface area contributed by atoms with Gasteiger partial charge in [-0.05, 0) is 43.2 Å². The van der Waals surface area contributed by atoms with Crippen molar-refractivity contribution < 1.29 is 4.79 Å². The van der Waals surface area contributed by atoms with E-state index >= 15 is 0 Å². The number of nitrogens with zero attached hydrogens (tertiary/aromatic N) is 2. The van der Waals surface area contributed by atoms with Crippen molar-refractivity contribution in [2.24, 2.45) is 5.10 Å². The number of rotatable bonds is 8. The van der Waals surface area contributed by atoms with Crippen molar-refractivity contribution in [3.8, 4) is 0 Å². The molecular formula is C19H22Cl2N4O2. The summed E-state index contributed by atoms with van der Waals surface area (Å²) in [4.78, 5) is 28.9. The number of H-pyrrole nitrogens is 1. The number of aryl methyl sites for hydroxylation is 2. The molecule has 0 unspecified atom stereocenters. The molecule has 0 atom stereocenters.